The van der Waals surface area contributed by atoms with Crippen molar-refractivity contribution in [2.45, 2.75) is 84.2 Å². The fourth-order valence-corrected chi connectivity index (χ4v) is 4.01. The first-order valence-electron chi connectivity index (χ1n) is 12.6. The third-order valence-corrected chi connectivity index (χ3v) is 6.22. The molecule has 4 N–H and O–H groups in total. The summed E-state index contributed by atoms with van der Waals surface area (Å²) in [6.45, 7) is 11.9. The first-order valence-corrected chi connectivity index (χ1v) is 12.6. The smallest absolute Gasteiger partial charge is 0.328 e. The van der Waals surface area contributed by atoms with Gasteiger partial charge < -0.3 is 34.9 Å². The minimum atomic E-state index is -2.08. The summed E-state index contributed by atoms with van der Waals surface area (Å²) in [5.74, 6) is 1.60. The van der Waals surface area contributed by atoms with E-state index in [9.17, 15) is 19.8 Å². The molecule has 37 heavy (non-hydrogen) atoms. The number of hydrogen-bond acceptors (Lipinski definition) is 8. The van der Waals surface area contributed by atoms with Crippen LogP contribution in [0.2, 0.25) is 0 Å². The number of carbonyl (C=O) groups is 1. The van der Waals surface area contributed by atoms with Gasteiger partial charge in [0.15, 0.2) is 11.5 Å². The summed E-state index contributed by atoms with van der Waals surface area (Å²) < 4.78 is 22.6. The van der Waals surface area contributed by atoms with Gasteiger partial charge in [0.1, 0.15) is 17.6 Å². The van der Waals surface area contributed by atoms with Gasteiger partial charge in [0, 0.05) is 20.1 Å². The fraction of sp³-hybridized carbons (Fsp3) is 0.679. The molecule has 0 aromatic heterocycles. The van der Waals surface area contributed by atoms with Crippen LogP contribution >= 0.6 is 0 Å². The Labute approximate surface area is 220 Å². The zero-order chi connectivity index (χ0) is 28.4. The van der Waals surface area contributed by atoms with Crippen LogP contribution in [0.5, 0.6) is 11.5 Å². The van der Waals surface area contributed by atoms with E-state index in [1.54, 1.807) is 20.2 Å². The van der Waals surface area contributed by atoms with Gasteiger partial charge >= 0.3 is 5.97 Å². The van der Waals surface area contributed by atoms with Crippen LogP contribution in [0.1, 0.15) is 59.9 Å². The molecule has 0 aliphatic carbocycles. The zero-order valence-electron chi connectivity index (χ0n) is 23.5. The molecular weight excluding hydrogens is 478 g/mol. The Balaban J connectivity index is 3.26. The van der Waals surface area contributed by atoms with Crippen molar-refractivity contribution in [3.05, 3.63) is 29.3 Å². The van der Waals surface area contributed by atoms with Gasteiger partial charge in [0.25, 0.3) is 0 Å². The van der Waals surface area contributed by atoms with Crippen LogP contribution in [0.15, 0.2) is 23.8 Å². The Hall–Kier alpha value is -2.42. The number of aliphatic hydroxyl groups excluding tert-OH is 1. The number of aliphatic carboxylic acids is 1. The van der Waals surface area contributed by atoms with E-state index in [-0.39, 0.29) is 11.8 Å². The number of carboxylic acids is 1. The zero-order valence-corrected chi connectivity index (χ0v) is 23.5. The molecule has 1 aromatic rings. The first kappa shape index (κ1) is 32.6. The Morgan fingerprint density at radius 2 is 1.76 bits per heavy atom. The number of aliphatic hydroxyl groups is 1. The molecule has 1 aromatic carbocycles. The molecule has 0 fully saturated rings. The number of benzene rings is 1. The van der Waals surface area contributed by atoms with Crippen molar-refractivity contribution in [1.82, 2.24) is 0 Å². The largest absolute Gasteiger partial charge is 0.493 e. The van der Waals surface area contributed by atoms with Crippen LogP contribution in [-0.4, -0.2) is 72.9 Å². The predicted molar refractivity (Wildman–Crippen MR) is 142 cm³/mol. The minimum absolute atomic E-state index is 0.0125. The number of carbonyl (C=O) groups excluding carboxylic acids is 1. The van der Waals surface area contributed by atoms with Crippen molar-refractivity contribution in [2.24, 2.45) is 17.6 Å². The van der Waals surface area contributed by atoms with Gasteiger partial charge in [-0.15, -0.1) is 0 Å². The highest BCUT2D eigenvalue weighted by atomic mass is 16.5. The molecule has 1 rings (SSSR count). The number of rotatable bonds is 16. The maximum atomic E-state index is 11.7. The van der Waals surface area contributed by atoms with E-state index in [0.29, 0.717) is 37.6 Å². The van der Waals surface area contributed by atoms with Gasteiger partial charge in [-0.05, 0) is 70.1 Å². The highest BCUT2D eigenvalue weighted by Crippen LogP contribution is 2.33. The molecule has 9 heteroatoms. The van der Waals surface area contributed by atoms with Crippen molar-refractivity contribution in [2.75, 3.05) is 27.4 Å². The number of carboxylic acid groups (broad SMARTS) is 1. The Bertz CT molecular complexity index is 915. The van der Waals surface area contributed by atoms with E-state index in [2.05, 4.69) is 13.8 Å². The Morgan fingerprint density at radius 1 is 1.11 bits per heavy atom. The Morgan fingerprint density at radius 3 is 2.24 bits per heavy atom. The summed E-state index contributed by atoms with van der Waals surface area (Å²) in [6.07, 6.45) is -0.696. The van der Waals surface area contributed by atoms with Crippen LogP contribution in [0.4, 0.5) is 0 Å². The molecule has 0 radical (unpaired) electrons. The molecule has 9 nitrogen and oxygen atoms in total. The monoisotopic (exact) mass is 523 g/mol. The molecule has 4 atom stereocenters. The van der Waals surface area contributed by atoms with Gasteiger partial charge in [-0.2, -0.15) is 0 Å². The summed E-state index contributed by atoms with van der Waals surface area (Å²) in [6, 6.07) is 5.76. The molecule has 0 saturated carbocycles. The van der Waals surface area contributed by atoms with Gasteiger partial charge in [0.2, 0.25) is 0 Å². The number of methoxy groups -OCH3 is 2. The lowest BCUT2D eigenvalue weighted by Crippen LogP contribution is -2.53. The van der Waals surface area contributed by atoms with E-state index in [4.69, 9.17) is 24.7 Å². The maximum absolute atomic E-state index is 11.7. The molecular formula is C28H45NO8. The highest BCUT2D eigenvalue weighted by molar-refractivity contribution is 5.86. The quantitative estimate of drug-likeness (QED) is 0.220. The molecule has 0 heterocycles. The van der Waals surface area contributed by atoms with Crippen LogP contribution in [0, 0.1) is 11.8 Å². The van der Waals surface area contributed by atoms with Crippen molar-refractivity contribution in [3.8, 4) is 11.5 Å². The summed E-state index contributed by atoms with van der Waals surface area (Å²) >= 11 is 0. The lowest BCUT2D eigenvalue weighted by Gasteiger charge is -2.36. The number of hydrogen-bond donors (Lipinski definition) is 3. The molecule has 0 amide bonds. The summed E-state index contributed by atoms with van der Waals surface area (Å²) in [5, 5.41) is 20.7. The SMILES string of the molecule is COCCCOc1cc(C[C@@H](C[C@H](OC(C)(C)C)[C@@H](O)C(=C=O)[C@@](C)(N)C(=O)O)C(C)C)ccc1OC. The predicted octanol–water partition coefficient (Wildman–Crippen LogP) is 3.42. The summed E-state index contributed by atoms with van der Waals surface area (Å²) in [7, 11) is 3.23. The average Bonchev–Trinajstić information content (AvgIpc) is 2.80. The second-order valence-electron chi connectivity index (χ2n) is 10.9. The van der Waals surface area contributed by atoms with Gasteiger partial charge in [-0.25, -0.2) is 9.59 Å². The van der Waals surface area contributed by atoms with E-state index in [1.165, 1.54) is 6.92 Å². The van der Waals surface area contributed by atoms with Gasteiger partial charge in [-0.1, -0.05) is 19.9 Å². The van der Waals surface area contributed by atoms with Crippen LogP contribution < -0.4 is 15.2 Å². The number of ether oxygens (including phenoxy) is 4. The molecule has 0 unspecified atom stereocenters. The van der Waals surface area contributed by atoms with Gasteiger partial charge in [-0.3, -0.25) is 0 Å². The summed E-state index contributed by atoms with van der Waals surface area (Å²) in [4.78, 5) is 23.4. The lowest BCUT2D eigenvalue weighted by molar-refractivity contribution is -0.143. The van der Waals surface area contributed by atoms with Gasteiger partial charge in [0.05, 0.1) is 31.0 Å². The standard InChI is InChI=1S/C28H45NO8/c1-18(2)20(14-19-10-11-22(35-8)23(15-19)36-13-9-12-34-7)16-24(37-27(3,4)5)25(31)21(17-30)28(6,29)26(32)33/h10-11,15,18,20,24-25,31H,9,12-14,16,29H2,1-8H3,(H,32,33)/t20-,24-,25-,28+/m0/s1. The molecule has 0 bridgehead atoms. The first-order chi connectivity index (χ1) is 17.2. The normalized spacial score (nSPS) is 15.9. The average molecular weight is 524 g/mol. The maximum Gasteiger partial charge on any atom is 0.328 e. The molecule has 210 valence electrons. The topological polar surface area (TPSA) is 138 Å². The van der Waals surface area contributed by atoms with E-state index in [0.717, 1.165) is 12.0 Å². The van der Waals surface area contributed by atoms with Crippen LogP contribution in [0.3, 0.4) is 0 Å². The molecule has 0 saturated heterocycles. The number of nitrogens with two attached hydrogens (primary N) is 1. The molecule has 0 spiro atoms. The van der Waals surface area contributed by atoms with Crippen molar-refractivity contribution in [1.29, 1.82) is 0 Å². The third-order valence-electron chi connectivity index (χ3n) is 6.22. The summed E-state index contributed by atoms with van der Waals surface area (Å²) in [5.41, 5.74) is 3.69. The molecule has 0 aliphatic rings. The van der Waals surface area contributed by atoms with E-state index in [1.807, 2.05) is 39.0 Å². The minimum Gasteiger partial charge on any atom is -0.493 e. The van der Waals surface area contributed by atoms with E-state index >= 15 is 0 Å². The van der Waals surface area contributed by atoms with Crippen LogP contribution in [0.25, 0.3) is 0 Å². The van der Waals surface area contributed by atoms with Crippen LogP contribution in [-0.2, 0) is 25.5 Å². The highest BCUT2D eigenvalue weighted by Gasteiger charge is 2.42. The fourth-order valence-electron chi connectivity index (χ4n) is 4.01. The lowest BCUT2D eigenvalue weighted by atomic mass is 9.80. The van der Waals surface area contributed by atoms with Crippen molar-refractivity contribution in [3.63, 3.8) is 0 Å². The third kappa shape index (κ3) is 10.1. The Kier molecular flexibility index (Phi) is 12.8. The van der Waals surface area contributed by atoms with Crippen molar-refractivity contribution >= 4 is 11.9 Å². The second kappa shape index (κ2) is 14.5. The second-order valence-corrected chi connectivity index (χ2v) is 10.9. The molecule has 0 aliphatic heterocycles. The van der Waals surface area contributed by atoms with E-state index < -0.39 is 34.9 Å². The van der Waals surface area contributed by atoms with Crippen molar-refractivity contribution < 1.29 is 38.7 Å².